The van der Waals surface area contributed by atoms with Gasteiger partial charge in [0.1, 0.15) is 11.5 Å². The Morgan fingerprint density at radius 2 is 1.17 bits per heavy atom. The molecule has 0 aliphatic heterocycles. The highest BCUT2D eigenvalue weighted by Gasteiger charge is 1.93. The number of hydrogen-bond acceptors (Lipinski definition) is 1. The lowest BCUT2D eigenvalue weighted by molar-refractivity contribution is 0.482. The van der Waals surface area contributed by atoms with E-state index in [1.807, 2.05) is 84.9 Å². The van der Waals surface area contributed by atoms with Crippen LogP contribution in [0.1, 0.15) is 11.1 Å². The zero-order valence-electron chi connectivity index (χ0n) is 13.8. The van der Waals surface area contributed by atoms with Gasteiger partial charge in [-0.3, -0.25) is 0 Å². The number of para-hydroxylation sites is 2. The Hall–Kier alpha value is -3.06. The zero-order chi connectivity index (χ0) is 17.0. The Kier molecular flexibility index (Phi) is 7.10. The van der Waals surface area contributed by atoms with Gasteiger partial charge in [0.2, 0.25) is 0 Å². The molecule has 0 aromatic heterocycles. The molecule has 0 bridgehead atoms. The summed E-state index contributed by atoms with van der Waals surface area (Å²) in [4.78, 5) is 0. The maximum absolute atomic E-state index is 5.58. The maximum atomic E-state index is 5.58. The average molecular weight is 314 g/mol. The first-order chi connectivity index (χ1) is 11.8. The molecule has 0 spiro atoms. The summed E-state index contributed by atoms with van der Waals surface area (Å²) >= 11 is 0. The molecule has 24 heavy (non-hydrogen) atoms. The summed E-state index contributed by atoms with van der Waals surface area (Å²) in [6, 6.07) is 27.7. The SMILES string of the molecule is C=CCc1ccccc1C=C.c1ccc(Oc2ccccc2)cc1. The second kappa shape index (κ2) is 9.86. The molecule has 0 atom stereocenters. The van der Waals surface area contributed by atoms with E-state index in [-0.39, 0.29) is 0 Å². The van der Waals surface area contributed by atoms with Crippen LogP contribution in [0, 0.1) is 0 Å². The minimum atomic E-state index is 0.869. The van der Waals surface area contributed by atoms with Crippen LogP contribution < -0.4 is 4.74 Å². The van der Waals surface area contributed by atoms with Crippen molar-refractivity contribution in [1.29, 1.82) is 0 Å². The molecule has 3 aromatic rings. The first-order valence-electron chi connectivity index (χ1n) is 7.92. The lowest BCUT2D eigenvalue weighted by atomic mass is 10.1. The Balaban J connectivity index is 0.000000177. The van der Waals surface area contributed by atoms with Crippen molar-refractivity contribution >= 4 is 6.08 Å². The molecule has 3 rings (SSSR count). The van der Waals surface area contributed by atoms with Crippen molar-refractivity contribution in [2.45, 2.75) is 6.42 Å². The summed E-state index contributed by atoms with van der Waals surface area (Å²) in [5.74, 6) is 1.74. The Labute approximate surface area is 144 Å². The second-order valence-corrected chi connectivity index (χ2v) is 5.12. The van der Waals surface area contributed by atoms with Crippen molar-refractivity contribution in [2.24, 2.45) is 0 Å². The maximum Gasteiger partial charge on any atom is 0.127 e. The number of benzene rings is 3. The molecule has 1 heteroatoms. The van der Waals surface area contributed by atoms with Crippen molar-refractivity contribution in [3.63, 3.8) is 0 Å². The van der Waals surface area contributed by atoms with Crippen molar-refractivity contribution < 1.29 is 4.74 Å². The van der Waals surface area contributed by atoms with Crippen LogP contribution in [0.3, 0.4) is 0 Å². The van der Waals surface area contributed by atoms with Crippen LogP contribution in [0.4, 0.5) is 0 Å². The van der Waals surface area contributed by atoms with Gasteiger partial charge in [0.05, 0.1) is 0 Å². The molecule has 0 heterocycles. The fraction of sp³-hybridized carbons (Fsp3) is 0.0435. The van der Waals surface area contributed by atoms with E-state index >= 15 is 0 Å². The molecule has 0 saturated carbocycles. The topological polar surface area (TPSA) is 9.23 Å². The first kappa shape index (κ1) is 17.3. The van der Waals surface area contributed by atoms with E-state index in [4.69, 9.17) is 4.74 Å². The highest BCUT2D eigenvalue weighted by atomic mass is 16.5. The Bertz CT molecular complexity index is 708. The predicted molar refractivity (Wildman–Crippen MR) is 103 cm³/mol. The fourth-order valence-electron chi connectivity index (χ4n) is 2.19. The van der Waals surface area contributed by atoms with E-state index < -0.39 is 0 Å². The minimum Gasteiger partial charge on any atom is -0.457 e. The van der Waals surface area contributed by atoms with Gasteiger partial charge in [0.25, 0.3) is 0 Å². The zero-order valence-corrected chi connectivity index (χ0v) is 13.8. The average Bonchev–Trinajstić information content (AvgIpc) is 2.65. The molecule has 0 aliphatic rings. The summed E-state index contributed by atoms with van der Waals surface area (Å²) in [6.45, 7) is 7.44. The van der Waals surface area contributed by atoms with Crippen LogP contribution in [0.25, 0.3) is 6.08 Å². The number of rotatable bonds is 5. The predicted octanol–water partition coefficient (Wildman–Crippen LogP) is 6.54. The van der Waals surface area contributed by atoms with Gasteiger partial charge in [-0.05, 0) is 41.8 Å². The van der Waals surface area contributed by atoms with Gasteiger partial charge in [-0.25, -0.2) is 0 Å². The van der Waals surface area contributed by atoms with Crippen molar-refractivity contribution in [3.05, 3.63) is 115 Å². The van der Waals surface area contributed by atoms with Crippen molar-refractivity contribution in [3.8, 4) is 11.5 Å². The van der Waals surface area contributed by atoms with Crippen LogP contribution in [0.5, 0.6) is 11.5 Å². The Morgan fingerprint density at radius 1 is 0.667 bits per heavy atom. The number of allylic oxidation sites excluding steroid dienone is 1. The van der Waals surface area contributed by atoms with Crippen molar-refractivity contribution in [2.75, 3.05) is 0 Å². The van der Waals surface area contributed by atoms with Crippen LogP contribution in [0.15, 0.2) is 104 Å². The third-order valence-corrected chi connectivity index (χ3v) is 3.36. The molecule has 1 nitrogen and oxygen atoms in total. The van der Waals surface area contributed by atoms with E-state index in [1.165, 1.54) is 11.1 Å². The van der Waals surface area contributed by atoms with Crippen molar-refractivity contribution in [1.82, 2.24) is 0 Å². The molecule has 0 N–H and O–H groups in total. The molecule has 0 radical (unpaired) electrons. The lowest BCUT2D eigenvalue weighted by Crippen LogP contribution is -1.84. The summed E-state index contributed by atoms with van der Waals surface area (Å²) < 4.78 is 5.58. The Morgan fingerprint density at radius 3 is 1.67 bits per heavy atom. The van der Waals surface area contributed by atoms with Gasteiger partial charge >= 0.3 is 0 Å². The van der Waals surface area contributed by atoms with E-state index in [0.717, 1.165) is 17.9 Å². The summed E-state index contributed by atoms with van der Waals surface area (Å²) in [5.41, 5.74) is 2.49. The number of hydrogen-bond donors (Lipinski definition) is 0. The first-order valence-corrected chi connectivity index (χ1v) is 7.92. The molecular formula is C23H22O. The second-order valence-electron chi connectivity index (χ2n) is 5.12. The largest absolute Gasteiger partial charge is 0.457 e. The van der Waals surface area contributed by atoms with E-state index in [2.05, 4.69) is 25.3 Å². The van der Waals surface area contributed by atoms with Crippen LogP contribution in [-0.4, -0.2) is 0 Å². The lowest BCUT2D eigenvalue weighted by Gasteiger charge is -2.03. The van der Waals surface area contributed by atoms with Gasteiger partial charge in [-0.2, -0.15) is 0 Å². The molecule has 3 aromatic carbocycles. The number of ether oxygens (including phenoxy) is 1. The summed E-state index contributed by atoms with van der Waals surface area (Å²) in [5, 5.41) is 0. The van der Waals surface area contributed by atoms with Gasteiger partial charge in [-0.15, -0.1) is 6.58 Å². The molecule has 120 valence electrons. The molecule has 0 fully saturated rings. The smallest absolute Gasteiger partial charge is 0.127 e. The van der Waals surface area contributed by atoms with E-state index in [9.17, 15) is 0 Å². The monoisotopic (exact) mass is 314 g/mol. The minimum absolute atomic E-state index is 0.869. The third-order valence-electron chi connectivity index (χ3n) is 3.36. The quantitative estimate of drug-likeness (QED) is 0.486. The van der Waals surface area contributed by atoms with Crippen LogP contribution >= 0.6 is 0 Å². The molecular weight excluding hydrogens is 292 g/mol. The highest BCUT2D eigenvalue weighted by molar-refractivity contribution is 5.52. The molecule has 0 aliphatic carbocycles. The summed E-state index contributed by atoms with van der Waals surface area (Å²) in [7, 11) is 0. The van der Waals surface area contributed by atoms with E-state index in [0.29, 0.717) is 0 Å². The molecule has 0 unspecified atom stereocenters. The standard InChI is InChI=1S/C12H10O.C11H12/c1-3-7-11(8-4-1)13-12-9-5-2-6-10-12;1-3-7-11-9-6-5-8-10(11)4-2/h1-10H;3-6,8-9H,1-2,7H2. The highest BCUT2D eigenvalue weighted by Crippen LogP contribution is 2.19. The van der Waals surface area contributed by atoms with Gasteiger partial charge in [0.15, 0.2) is 0 Å². The van der Waals surface area contributed by atoms with Gasteiger partial charge in [0, 0.05) is 0 Å². The molecule has 0 saturated heterocycles. The van der Waals surface area contributed by atoms with Crippen LogP contribution in [0.2, 0.25) is 0 Å². The van der Waals surface area contributed by atoms with E-state index in [1.54, 1.807) is 0 Å². The van der Waals surface area contributed by atoms with Crippen LogP contribution in [-0.2, 0) is 6.42 Å². The normalized spacial score (nSPS) is 9.33. The van der Waals surface area contributed by atoms with Gasteiger partial charge in [-0.1, -0.05) is 79.4 Å². The molecule has 0 amide bonds. The van der Waals surface area contributed by atoms with Gasteiger partial charge < -0.3 is 4.74 Å². The third kappa shape index (κ3) is 5.62. The fourth-order valence-corrected chi connectivity index (χ4v) is 2.19. The summed E-state index contributed by atoms with van der Waals surface area (Å²) in [6.07, 6.45) is 4.70.